The molecule has 0 radical (unpaired) electrons. The van der Waals surface area contributed by atoms with Crippen LogP contribution in [0.2, 0.25) is 0 Å². The van der Waals surface area contributed by atoms with E-state index in [-0.39, 0.29) is 10.9 Å². The number of fused-ring (bicyclic) bond motifs is 1. The van der Waals surface area contributed by atoms with Gasteiger partial charge in [0, 0.05) is 10.1 Å². The average molecular weight is 216 g/mol. The second-order valence-corrected chi connectivity index (χ2v) is 4.34. The van der Waals surface area contributed by atoms with E-state index in [4.69, 9.17) is 0 Å². The molecule has 1 aromatic carbocycles. The first-order valence-corrected chi connectivity index (χ1v) is 5.68. The van der Waals surface area contributed by atoms with Crippen molar-refractivity contribution in [2.45, 2.75) is 4.90 Å². The summed E-state index contributed by atoms with van der Waals surface area (Å²) in [7, 11) is 0. The van der Waals surface area contributed by atoms with Gasteiger partial charge in [-0.25, -0.2) is 4.39 Å². The predicted octanol–water partition coefficient (Wildman–Crippen LogP) is 3.90. The topological polar surface area (TPSA) is 0 Å². The van der Waals surface area contributed by atoms with Gasteiger partial charge in [-0.2, -0.15) is 4.39 Å². The Bertz CT molecular complexity index is 448. The van der Waals surface area contributed by atoms with Crippen molar-refractivity contribution in [3.63, 3.8) is 0 Å². The third-order valence-corrected chi connectivity index (χ3v) is 3.65. The number of halogens is 2. The number of thiophene rings is 1. The van der Waals surface area contributed by atoms with Crippen LogP contribution < -0.4 is 0 Å². The quantitative estimate of drug-likeness (QED) is 0.651. The fourth-order valence-electron chi connectivity index (χ4n) is 1.23. The molecule has 0 aliphatic carbocycles. The minimum atomic E-state index is -0.345. The standard InChI is InChI=1S/C9H6F2S2/c1-12-8-7-5(10)3-2-4-6(7)13-9(8)11/h2-4H,1H3. The Labute approximate surface area is 82.6 Å². The molecular weight excluding hydrogens is 210 g/mol. The molecule has 4 heteroatoms. The molecule has 1 heterocycles. The van der Waals surface area contributed by atoms with E-state index in [1.54, 1.807) is 18.4 Å². The van der Waals surface area contributed by atoms with Crippen LogP contribution in [-0.2, 0) is 0 Å². The minimum absolute atomic E-state index is 0.299. The number of hydrogen-bond donors (Lipinski definition) is 0. The van der Waals surface area contributed by atoms with E-state index < -0.39 is 0 Å². The third kappa shape index (κ3) is 1.34. The molecule has 0 amide bonds. The monoisotopic (exact) mass is 216 g/mol. The normalized spacial score (nSPS) is 11.0. The van der Waals surface area contributed by atoms with Gasteiger partial charge in [-0.3, -0.25) is 0 Å². The Morgan fingerprint density at radius 1 is 1.31 bits per heavy atom. The van der Waals surface area contributed by atoms with Crippen LogP contribution in [0, 0.1) is 10.9 Å². The van der Waals surface area contributed by atoms with Crippen molar-refractivity contribution in [2.24, 2.45) is 0 Å². The molecule has 0 spiro atoms. The van der Waals surface area contributed by atoms with E-state index in [0.29, 0.717) is 15.0 Å². The molecule has 2 rings (SSSR count). The fourth-order valence-corrected chi connectivity index (χ4v) is 3.08. The van der Waals surface area contributed by atoms with Crippen molar-refractivity contribution in [1.29, 1.82) is 0 Å². The van der Waals surface area contributed by atoms with Gasteiger partial charge in [-0.1, -0.05) is 6.07 Å². The van der Waals surface area contributed by atoms with Crippen molar-refractivity contribution in [1.82, 2.24) is 0 Å². The Morgan fingerprint density at radius 2 is 2.08 bits per heavy atom. The molecule has 0 bridgehead atoms. The van der Waals surface area contributed by atoms with Crippen molar-refractivity contribution < 1.29 is 8.78 Å². The molecule has 0 aliphatic heterocycles. The molecule has 0 aliphatic rings. The van der Waals surface area contributed by atoms with Gasteiger partial charge in [-0.15, -0.1) is 23.1 Å². The van der Waals surface area contributed by atoms with Gasteiger partial charge in [0.2, 0.25) is 0 Å². The van der Waals surface area contributed by atoms with Crippen LogP contribution in [0.5, 0.6) is 0 Å². The summed E-state index contributed by atoms with van der Waals surface area (Å²) in [5.74, 6) is -0.345. The van der Waals surface area contributed by atoms with E-state index in [2.05, 4.69) is 0 Å². The van der Waals surface area contributed by atoms with E-state index in [9.17, 15) is 8.78 Å². The van der Waals surface area contributed by atoms with Gasteiger partial charge in [0.05, 0.1) is 4.90 Å². The van der Waals surface area contributed by atoms with Gasteiger partial charge < -0.3 is 0 Å². The number of hydrogen-bond acceptors (Lipinski definition) is 2. The van der Waals surface area contributed by atoms with Crippen LogP contribution in [0.15, 0.2) is 23.1 Å². The highest BCUT2D eigenvalue weighted by Gasteiger charge is 2.13. The number of rotatable bonds is 1. The summed E-state index contributed by atoms with van der Waals surface area (Å²) in [5, 5.41) is 0.116. The summed E-state index contributed by atoms with van der Waals surface area (Å²) >= 11 is 2.23. The lowest BCUT2D eigenvalue weighted by Gasteiger charge is -1.94. The summed E-state index contributed by atoms with van der Waals surface area (Å²) in [5.41, 5.74) is 0. The van der Waals surface area contributed by atoms with E-state index in [0.717, 1.165) is 11.3 Å². The van der Waals surface area contributed by atoms with Gasteiger partial charge >= 0.3 is 0 Å². The van der Waals surface area contributed by atoms with E-state index in [1.807, 2.05) is 0 Å². The molecule has 0 nitrogen and oxygen atoms in total. The molecule has 13 heavy (non-hydrogen) atoms. The van der Waals surface area contributed by atoms with E-state index in [1.165, 1.54) is 17.8 Å². The van der Waals surface area contributed by atoms with Crippen molar-refractivity contribution in [2.75, 3.05) is 6.26 Å². The number of thioether (sulfide) groups is 1. The number of benzene rings is 1. The molecule has 0 unspecified atom stereocenters. The molecule has 0 saturated carbocycles. The first-order chi connectivity index (χ1) is 6.24. The molecule has 1 aromatic heterocycles. The average Bonchev–Trinajstić information content (AvgIpc) is 2.42. The Hall–Kier alpha value is -0.610. The lowest BCUT2D eigenvalue weighted by Crippen LogP contribution is -1.76. The van der Waals surface area contributed by atoms with Crippen LogP contribution >= 0.6 is 23.1 Å². The SMILES string of the molecule is CSc1c(F)sc2cccc(F)c12. The molecule has 0 fully saturated rings. The predicted molar refractivity (Wildman–Crippen MR) is 53.5 cm³/mol. The van der Waals surface area contributed by atoms with Gasteiger partial charge in [0.15, 0.2) is 5.13 Å². The van der Waals surface area contributed by atoms with Gasteiger partial charge in [0.1, 0.15) is 5.82 Å². The van der Waals surface area contributed by atoms with E-state index >= 15 is 0 Å². The Balaban J connectivity index is 2.88. The smallest absolute Gasteiger partial charge is 0.191 e. The Morgan fingerprint density at radius 3 is 2.77 bits per heavy atom. The van der Waals surface area contributed by atoms with Gasteiger partial charge in [-0.05, 0) is 18.4 Å². The highest BCUT2D eigenvalue weighted by molar-refractivity contribution is 7.99. The largest absolute Gasteiger partial charge is 0.206 e. The highest BCUT2D eigenvalue weighted by Crippen LogP contribution is 2.37. The second-order valence-electron chi connectivity index (χ2n) is 2.52. The maximum atomic E-state index is 13.3. The summed E-state index contributed by atoms with van der Waals surface area (Å²) in [6.07, 6.45) is 1.75. The van der Waals surface area contributed by atoms with Crippen molar-refractivity contribution >= 4 is 33.2 Å². The molecule has 2 aromatic rings. The zero-order valence-corrected chi connectivity index (χ0v) is 8.44. The zero-order chi connectivity index (χ0) is 9.42. The van der Waals surface area contributed by atoms with Crippen LogP contribution in [0.3, 0.4) is 0 Å². The fraction of sp³-hybridized carbons (Fsp3) is 0.111. The van der Waals surface area contributed by atoms with Gasteiger partial charge in [0.25, 0.3) is 0 Å². The molecule has 0 N–H and O–H groups in total. The summed E-state index contributed by atoms with van der Waals surface area (Å²) in [6.45, 7) is 0. The lowest BCUT2D eigenvalue weighted by atomic mass is 10.2. The summed E-state index contributed by atoms with van der Waals surface area (Å²) in [4.78, 5) is 0.415. The van der Waals surface area contributed by atoms with Crippen molar-refractivity contribution in [3.8, 4) is 0 Å². The maximum Gasteiger partial charge on any atom is 0.191 e. The minimum Gasteiger partial charge on any atom is -0.206 e. The summed E-state index contributed by atoms with van der Waals surface area (Å²) < 4.78 is 27.2. The molecule has 0 atom stereocenters. The molecule has 68 valence electrons. The highest BCUT2D eigenvalue weighted by atomic mass is 32.2. The Kier molecular flexibility index (Phi) is 2.26. The second kappa shape index (κ2) is 3.27. The van der Waals surface area contributed by atoms with Crippen LogP contribution in [0.25, 0.3) is 10.1 Å². The van der Waals surface area contributed by atoms with Crippen molar-refractivity contribution in [3.05, 3.63) is 29.1 Å². The summed E-state index contributed by atoms with van der Waals surface area (Å²) in [6, 6.07) is 4.68. The van der Waals surface area contributed by atoms with Crippen LogP contribution in [-0.4, -0.2) is 6.26 Å². The zero-order valence-electron chi connectivity index (χ0n) is 6.80. The lowest BCUT2D eigenvalue weighted by molar-refractivity contribution is 0.622. The first kappa shape index (κ1) is 8.97. The maximum absolute atomic E-state index is 13.3. The first-order valence-electron chi connectivity index (χ1n) is 3.64. The van der Waals surface area contributed by atoms with Crippen LogP contribution in [0.1, 0.15) is 0 Å². The molecule has 0 saturated heterocycles. The third-order valence-electron chi connectivity index (χ3n) is 1.78. The van der Waals surface area contributed by atoms with Crippen LogP contribution in [0.4, 0.5) is 8.78 Å². The molecular formula is C9H6F2S2.